The number of benzene rings is 3. The second-order valence-corrected chi connectivity index (χ2v) is 7.99. The first-order valence-electron chi connectivity index (χ1n) is 10.6. The van der Waals surface area contributed by atoms with Crippen LogP contribution in [-0.2, 0) is 16.0 Å². The van der Waals surface area contributed by atoms with Crippen LogP contribution < -0.4 is 11.1 Å². The minimum absolute atomic E-state index is 0.0474. The maximum atomic E-state index is 12.6. The third-order valence-electron chi connectivity index (χ3n) is 6.08. The Hall–Kier alpha value is -4.06. The number of aromatic amines is 1. The van der Waals surface area contributed by atoms with Crippen LogP contribution in [0.2, 0.25) is 0 Å². The lowest BCUT2D eigenvalue weighted by Crippen LogP contribution is -2.46. The molecule has 0 aliphatic heterocycles. The summed E-state index contributed by atoms with van der Waals surface area (Å²) in [5, 5.41) is 3.64. The molecule has 1 heterocycles. The van der Waals surface area contributed by atoms with Gasteiger partial charge in [-0.15, -0.1) is 0 Å². The maximum Gasteiger partial charge on any atom is 0.407 e. The summed E-state index contributed by atoms with van der Waals surface area (Å²) < 4.78 is 5.56. The topological polar surface area (TPSA) is 97.2 Å². The number of carbonyl (C=O) groups excluding carboxylic acids is 2. The van der Waals surface area contributed by atoms with E-state index in [4.69, 9.17) is 10.5 Å². The molecule has 0 spiro atoms. The van der Waals surface area contributed by atoms with Gasteiger partial charge in [0.05, 0.1) is 0 Å². The van der Waals surface area contributed by atoms with Crippen LogP contribution in [0.5, 0.6) is 0 Å². The number of para-hydroxylation sites is 1. The summed E-state index contributed by atoms with van der Waals surface area (Å²) in [6, 6.07) is 23.2. The molecule has 0 saturated carbocycles. The van der Waals surface area contributed by atoms with Gasteiger partial charge in [0.25, 0.3) is 0 Å². The van der Waals surface area contributed by atoms with Gasteiger partial charge in [0.2, 0.25) is 5.91 Å². The Morgan fingerprint density at radius 2 is 1.56 bits per heavy atom. The molecular formula is C26H23N3O3. The molecule has 1 aliphatic rings. The van der Waals surface area contributed by atoms with E-state index in [1.807, 2.05) is 54.7 Å². The van der Waals surface area contributed by atoms with Crippen molar-refractivity contribution in [2.24, 2.45) is 5.73 Å². The number of rotatable bonds is 6. The van der Waals surface area contributed by atoms with Crippen molar-refractivity contribution >= 4 is 22.9 Å². The van der Waals surface area contributed by atoms with Crippen molar-refractivity contribution in [1.29, 1.82) is 0 Å². The highest BCUT2D eigenvalue weighted by Gasteiger charge is 2.29. The normalized spacial score (nSPS) is 13.4. The minimum Gasteiger partial charge on any atom is -0.449 e. The number of carbonyl (C=O) groups is 2. The zero-order valence-corrected chi connectivity index (χ0v) is 17.4. The van der Waals surface area contributed by atoms with Gasteiger partial charge in [-0.2, -0.15) is 0 Å². The van der Waals surface area contributed by atoms with Crippen LogP contribution in [0.25, 0.3) is 22.0 Å². The predicted octanol–water partition coefficient (Wildman–Crippen LogP) is 4.10. The van der Waals surface area contributed by atoms with Gasteiger partial charge < -0.3 is 20.8 Å². The Morgan fingerprint density at radius 1 is 0.938 bits per heavy atom. The fraction of sp³-hybridized carbons (Fsp3) is 0.154. The van der Waals surface area contributed by atoms with Crippen LogP contribution in [0.1, 0.15) is 22.6 Å². The quantitative estimate of drug-likeness (QED) is 0.434. The zero-order valence-electron chi connectivity index (χ0n) is 17.4. The van der Waals surface area contributed by atoms with E-state index in [2.05, 4.69) is 34.6 Å². The van der Waals surface area contributed by atoms with E-state index in [9.17, 15) is 9.59 Å². The fourth-order valence-corrected chi connectivity index (χ4v) is 4.53. The van der Waals surface area contributed by atoms with Gasteiger partial charge in [0.15, 0.2) is 0 Å². The van der Waals surface area contributed by atoms with Crippen molar-refractivity contribution in [2.75, 3.05) is 6.61 Å². The zero-order chi connectivity index (χ0) is 22.1. The van der Waals surface area contributed by atoms with Crippen LogP contribution in [-0.4, -0.2) is 29.6 Å². The highest BCUT2D eigenvalue weighted by atomic mass is 16.5. The monoisotopic (exact) mass is 425 g/mol. The highest BCUT2D eigenvalue weighted by molar-refractivity contribution is 5.87. The van der Waals surface area contributed by atoms with Gasteiger partial charge >= 0.3 is 6.09 Å². The van der Waals surface area contributed by atoms with Crippen molar-refractivity contribution in [1.82, 2.24) is 10.3 Å². The molecule has 0 radical (unpaired) electrons. The number of amides is 2. The van der Waals surface area contributed by atoms with E-state index in [-0.39, 0.29) is 18.9 Å². The summed E-state index contributed by atoms with van der Waals surface area (Å²) in [6.07, 6.45) is 1.46. The number of H-pyrrole nitrogens is 1. The molecule has 0 saturated heterocycles. The molecule has 32 heavy (non-hydrogen) atoms. The van der Waals surface area contributed by atoms with Gasteiger partial charge in [-0.25, -0.2) is 4.79 Å². The Kier molecular flexibility index (Phi) is 5.11. The van der Waals surface area contributed by atoms with Crippen LogP contribution in [0.3, 0.4) is 0 Å². The Balaban J connectivity index is 1.28. The van der Waals surface area contributed by atoms with E-state index in [0.717, 1.165) is 38.7 Å². The standard InChI is InChI=1S/C26H23N3O3/c27-25(30)24(13-16-14-28-23-12-6-5-7-17(16)23)29-26(31)32-15-22-20-10-3-1-8-18(20)19-9-2-4-11-21(19)22/h1-12,14,22,24,28H,13,15H2,(H2,27,30)(H,29,31). The molecular weight excluding hydrogens is 402 g/mol. The number of alkyl carbamates (subject to hydrolysis) is 1. The van der Waals surface area contributed by atoms with E-state index in [0.29, 0.717) is 0 Å². The van der Waals surface area contributed by atoms with Crippen LogP contribution in [0.15, 0.2) is 79.0 Å². The van der Waals surface area contributed by atoms with Gasteiger partial charge in [0.1, 0.15) is 12.6 Å². The second-order valence-electron chi connectivity index (χ2n) is 7.99. The van der Waals surface area contributed by atoms with E-state index in [1.54, 1.807) is 0 Å². The first-order valence-corrected chi connectivity index (χ1v) is 10.6. The Labute approximate surface area is 185 Å². The lowest BCUT2D eigenvalue weighted by atomic mass is 9.98. The van der Waals surface area contributed by atoms with Crippen molar-refractivity contribution in [2.45, 2.75) is 18.4 Å². The SMILES string of the molecule is NC(=O)C(Cc1c[nH]c2ccccc12)NC(=O)OCC1c2ccccc2-c2ccccc21. The Morgan fingerprint density at radius 3 is 2.25 bits per heavy atom. The summed E-state index contributed by atoms with van der Waals surface area (Å²) in [6.45, 7) is 0.179. The molecule has 4 aromatic rings. The lowest BCUT2D eigenvalue weighted by molar-refractivity contribution is -0.119. The van der Waals surface area contributed by atoms with Crippen molar-refractivity contribution < 1.29 is 14.3 Å². The maximum absolute atomic E-state index is 12.6. The third kappa shape index (κ3) is 3.60. The molecule has 2 amide bonds. The fourth-order valence-electron chi connectivity index (χ4n) is 4.53. The smallest absolute Gasteiger partial charge is 0.407 e. The van der Waals surface area contributed by atoms with Crippen molar-refractivity contribution in [3.63, 3.8) is 0 Å². The first-order chi connectivity index (χ1) is 15.6. The van der Waals surface area contributed by atoms with Crippen LogP contribution >= 0.6 is 0 Å². The molecule has 1 atom stereocenters. The summed E-state index contributed by atoms with van der Waals surface area (Å²) >= 11 is 0. The van der Waals surface area contributed by atoms with E-state index in [1.165, 1.54) is 0 Å². The number of primary amides is 1. The van der Waals surface area contributed by atoms with Crippen molar-refractivity contribution in [3.05, 3.63) is 95.7 Å². The van der Waals surface area contributed by atoms with Gasteiger partial charge in [-0.3, -0.25) is 4.79 Å². The highest BCUT2D eigenvalue weighted by Crippen LogP contribution is 2.44. The molecule has 160 valence electrons. The Bertz CT molecular complexity index is 1260. The molecule has 1 aliphatic carbocycles. The van der Waals surface area contributed by atoms with Gasteiger partial charge in [0, 0.05) is 29.4 Å². The minimum atomic E-state index is -0.871. The molecule has 0 bridgehead atoms. The molecule has 0 fully saturated rings. The molecule has 4 N–H and O–H groups in total. The van der Waals surface area contributed by atoms with Crippen LogP contribution in [0, 0.1) is 0 Å². The summed E-state index contributed by atoms with van der Waals surface area (Å²) in [5.74, 6) is -0.655. The average molecular weight is 425 g/mol. The number of hydrogen-bond acceptors (Lipinski definition) is 3. The number of ether oxygens (including phenoxy) is 1. The summed E-state index contributed by atoms with van der Waals surface area (Å²) in [5.41, 5.74) is 12.0. The number of nitrogens with two attached hydrogens (primary N) is 1. The predicted molar refractivity (Wildman–Crippen MR) is 123 cm³/mol. The summed E-state index contributed by atoms with van der Waals surface area (Å²) in [4.78, 5) is 27.8. The van der Waals surface area contributed by atoms with E-state index < -0.39 is 18.0 Å². The third-order valence-corrected chi connectivity index (χ3v) is 6.08. The van der Waals surface area contributed by atoms with Crippen LogP contribution in [0.4, 0.5) is 4.79 Å². The molecule has 5 rings (SSSR count). The average Bonchev–Trinajstić information content (AvgIpc) is 3.36. The number of hydrogen-bond donors (Lipinski definition) is 3. The first kappa shape index (κ1) is 19.9. The number of aromatic nitrogens is 1. The largest absolute Gasteiger partial charge is 0.449 e. The summed E-state index contributed by atoms with van der Waals surface area (Å²) in [7, 11) is 0. The van der Waals surface area contributed by atoms with Gasteiger partial charge in [-0.05, 0) is 33.9 Å². The number of fused-ring (bicyclic) bond motifs is 4. The molecule has 6 heteroatoms. The number of nitrogens with one attached hydrogen (secondary N) is 2. The molecule has 1 unspecified atom stereocenters. The van der Waals surface area contributed by atoms with Crippen molar-refractivity contribution in [3.8, 4) is 11.1 Å². The lowest BCUT2D eigenvalue weighted by Gasteiger charge is -2.18. The molecule has 6 nitrogen and oxygen atoms in total. The molecule has 1 aromatic heterocycles. The second kappa shape index (κ2) is 8.23. The van der Waals surface area contributed by atoms with E-state index >= 15 is 0 Å². The van der Waals surface area contributed by atoms with Gasteiger partial charge in [-0.1, -0.05) is 66.7 Å². The molecule has 3 aromatic carbocycles.